The zero-order valence-electron chi connectivity index (χ0n) is 12.5. The molecule has 112 valence electrons. The lowest BCUT2D eigenvalue weighted by Gasteiger charge is -2.27. The second-order valence-electron chi connectivity index (χ2n) is 5.38. The van der Waals surface area contributed by atoms with Crippen LogP contribution in [0.4, 0.5) is 0 Å². The molecule has 0 fully saturated rings. The fraction of sp³-hybridized carbons (Fsp3) is 0.222. The predicted octanol–water partition coefficient (Wildman–Crippen LogP) is 2.74. The van der Waals surface area contributed by atoms with E-state index in [1.165, 1.54) is 12.2 Å². The van der Waals surface area contributed by atoms with Gasteiger partial charge < -0.3 is 9.47 Å². The largest absolute Gasteiger partial charge is 0.497 e. The molecule has 0 bridgehead atoms. The Morgan fingerprint density at radius 1 is 1.05 bits per heavy atom. The topological polar surface area (TPSA) is 52.6 Å². The number of ketones is 2. The summed E-state index contributed by atoms with van der Waals surface area (Å²) in [6, 6.07) is 5.49. The molecule has 0 atom stereocenters. The molecule has 0 heterocycles. The number of allylic oxidation sites excluding steroid dienone is 6. The predicted molar refractivity (Wildman–Crippen MR) is 82.9 cm³/mol. The molecule has 0 saturated heterocycles. The number of carbonyl (C=O) groups is 2. The van der Waals surface area contributed by atoms with E-state index in [4.69, 9.17) is 9.47 Å². The van der Waals surface area contributed by atoms with Crippen molar-refractivity contribution in [1.82, 2.24) is 0 Å². The zero-order chi connectivity index (χ0) is 15.7. The Bertz CT molecular complexity index is 721. The smallest absolute Gasteiger partial charge is 0.178 e. The van der Waals surface area contributed by atoms with E-state index < -0.39 is 5.41 Å². The van der Waals surface area contributed by atoms with Gasteiger partial charge in [-0.25, -0.2) is 0 Å². The van der Waals surface area contributed by atoms with Crippen molar-refractivity contribution in [2.24, 2.45) is 5.41 Å². The van der Waals surface area contributed by atoms with Gasteiger partial charge in [-0.05, 0) is 35.9 Å². The maximum Gasteiger partial charge on any atom is 0.178 e. The van der Waals surface area contributed by atoms with E-state index in [1.54, 1.807) is 38.5 Å². The van der Waals surface area contributed by atoms with Crippen LogP contribution in [0, 0.1) is 5.41 Å². The van der Waals surface area contributed by atoms with E-state index in [0.717, 1.165) is 11.1 Å². The molecule has 0 unspecified atom stereocenters. The third kappa shape index (κ3) is 2.26. The number of hydrogen-bond acceptors (Lipinski definition) is 4. The summed E-state index contributed by atoms with van der Waals surface area (Å²) in [5, 5.41) is 0. The molecule has 1 aromatic rings. The Morgan fingerprint density at radius 2 is 1.77 bits per heavy atom. The lowest BCUT2D eigenvalue weighted by molar-refractivity contribution is -0.115. The average Bonchev–Trinajstić information content (AvgIpc) is 2.86. The van der Waals surface area contributed by atoms with E-state index >= 15 is 0 Å². The highest BCUT2D eigenvalue weighted by Gasteiger charge is 2.40. The zero-order valence-corrected chi connectivity index (χ0v) is 12.5. The number of carbonyl (C=O) groups excluding carboxylic acids is 2. The van der Waals surface area contributed by atoms with Crippen molar-refractivity contribution in [3.8, 4) is 11.5 Å². The number of rotatable bonds is 3. The maximum atomic E-state index is 12.0. The third-order valence-electron chi connectivity index (χ3n) is 4.06. The van der Waals surface area contributed by atoms with Gasteiger partial charge in [0.2, 0.25) is 0 Å². The monoisotopic (exact) mass is 296 g/mol. The summed E-state index contributed by atoms with van der Waals surface area (Å²) in [6.45, 7) is 0. The van der Waals surface area contributed by atoms with Crippen LogP contribution in [0.25, 0.3) is 5.57 Å². The normalized spacial score (nSPS) is 18.7. The SMILES string of the molecule is COc1ccc(C2=CC(=O)CC23C=CC(=O)C=C3)c(OC)c1. The number of methoxy groups -OCH3 is 2. The van der Waals surface area contributed by atoms with E-state index in [0.29, 0.717) is 17.9 Å². The van der Waals surface area contributed by atoms with Crippen molar-refractivity contribution in [3.63, 3.8) is 0 Å². The van der Waals surface area contributed by atoms with Crippen LogP contribution in [0.15, 0.2) is 48.6 Å². The molecule has 2 aliphatic carbocycles. The summed E-state index contributed by atoms with van der Waals surface area (Å²) in [5.41, 5.74) is 1.11. The van der Waals surface area contributed by atoms with Crippen LogP contribution in [0.3, 0.4) is 0 Å². The second-order valence-corrected chi connectivity index (χ2v) is 5.38. The van der Waals surface area contributed by atoms with Crippen molar-refractivity contribution in [2.45, 2.75) is 6.42 Å². The van der Waals surface area contributed by atoms with Crippen LogP contribution in [-0.2, 0) is 9.59 Å². The number of ether oxygens (including phenoxy) is 2. The van der Waals surface area contributed by atoms with E-state index in [1.807, 2.05) is 12.1 Å². The van der Waals surface area contributed by atoms with Gasteiger partial charge in [-0.3, -0.25) is 9.59 Å². The molecule has 1 aromatic carbocycles. The maximum absolute atomic E-state index is 12.0. The molecule has 0 aromatic heterocycles. The first-order valence-electron chi connectivity index (χ1n) is 6.98. The van der Waals surface area contributed by atoms with Gasteiger partial charge in [0.1, 0.15) is 11.5 Å². The van der Waals surface area contributed by atoms with Gasteiger partial charge in [0.25, 0.3) is 0 Å². The highest BCUT2D eigenvalue weighted by atomic mass is 16.5. The van der Waals surface area contributed by atoms with Crippen LogP contribution in [0.1, 0.15) is 12.0 Å². The fourth-order valence-electron chi connectivity index (χ4n) is 2.95. The lowest BCUT2D eigenvalue weighted by Crippen LogP contribution is -2.18. The highest BCUT2D eigenvalue weighted by molar-refractivity contribution is 6.09. The molecule has 4 heteroatoms. The lowest BCUT2D eigenvalue weighted by atomic mass is 9.75. The molecule has 0 saturated carbocycles. The van der Waals surface area contributed by atoms with Crippen molar-refractivity contribution >= 4 is 17.1 Å². The van der Waals surface area contributed by atoms with Gasteiger partial charge in [-0.15, -0.1) is 0 Å². The second kappa shape index (κ2) is 5.30. The molecule has 4 nitrogen and oxygen atoms in total. The first kappa shape index (κ1) is 14.3. The average molecular weight is 296 g/mol. The molecule has 0 amide bonds. The van der Waals surface area contributed by atoms with Crippen LogP contribution >= 0.6 is 0 Å². The van der Waals surface area contributed by atoms with E-state index in [-0.39, 0.29) is 11.6 Å². The van der Waals surface area contributed by atoms with Crippen LogP contribution in [0.5, 0.6) is 11.5 Å². The minimum absolute atomic E-state index is 0.0384. The minimum Gasteiger partial charge on any atom is -0.497 e. The number of benzene rings is 1. The Hall–Kier alpha value is -2.62. The van der Waals surface area contributed by atoms with Crippen molar-refractivity contribution in [1.29, 1.82) is 0 Å². The fourth-order valence-corrected chi connectivity index (χ4v) is 2.95. The Morgan fingerprint density at radius 3 is 2.41 bits per heavy atom. The molecule has 0 N–H and O–H groups in total. The van der Waals surface area contributed by atoms with Crippen molar-refractivity contribution in [2.75, 3.05) is 14.2 Å². The van der Waals surface area contributed by atoms with Gasteiger partial charge in [0.15, 0.2) is 11.6 Å². The molecular weight excluding hydrogens is 280 g/mol. The van der Waals surface area contributed by atoms with Crippen molar-refractivity contribution in [3.05, 3.63) is 54.1 Å². The molecule has 1 spiro atoms. The molecule has 2 aliphatic rings. The van der Waals surface area contributed by atoms with Gasteiger partial charge in [0.05, 0.1) is 14.2 Å². The molecule has 3 rings (SSSR count). The highest BCUT2D eigenvalue weighted by Crippen LogP contribution is 2.49. The van der Waals surface area contributed by atoms with Crippen LogP contribution in [-0.4, -0.2) is 25.8 Å². The van der Waals surface area contributed by atoms with Gasteiger partial charge in [-0.1, -0.05) is 12.2 Å². The summed E-state index contributed by atoms with van der Waals surface area (Å²) in [4.78, 5) is 23.4. The van der Waals surface area contributed by atoms with E-state index in [2.05, 4.69) is 0 Å². The van der Waals surface area contributed by atoms with Crippen molar-refractivity contribution < 1.29 is 19.1 Å². The van der Waals surface area contributed by atoms with Gasteiger partial charge in [-0.2, -0.15) is 0 Å². The summed E-state index contributed by atoms with van der Waals surface area (Å²) >= 11 is 0. The summed E-state index contributed by atoms with van der Waals surface area (Å²) in [7, 11) is 3.17. The van der Waals surface area contributed by atoms with Crippen LogP contribution in [0.2, 0.25) is 0 Å². The molecule has 0 aliphatic heterocycles. The van der Waals surface area contributed by atoms with Gasteiger partial charge >= 0.3 is 0 Å². The molecule has 0 radical (unpaired) electrons. The quantitative estimate of drug-likeness (QED) is 0.860. The molecular formula is C18H16O4. The summed E-state index contributed by atoms with van der Waals surface area (Å²) in [6.07, 6.45) is 8.60. The summed E-state index contributed by atoms with van der Waals surface area (Å²) < 4.78 is 10.7. The number of hydrogen-bond donors (Lipinski definition) is 0. The minimum atomic E-state index is -0.563. The third-order valence-corrected chi connectivity index (χ3v) is 4.06. The van der Waals surface area contributed by atoms with Gasteiger partial charge in [0, 0.05) is 23.5 Å². The standard InChI is InChI=1S/C18H16O4/c1-21-14-3-4-15(17(10-14)22-2)16-9-13(20)11-18(16)7-5-12(19)6-8-18/h3-10H,11H2,1-2H3. The first-order chi connectivity index (χ1) is 10.6. The summed E-state index contributed by atoms with van der Waals surface area (Å²) in [5.74, 6) is 1.30. The molecule has 22 heavy (non-hydrogen) atoms. The Balaban J connectivity index is 2.12. The van der Waals surface area contributed by atoms with Crippen LogP contribution < -0.4 is 9.47 Å². The Labute approximate surface area is 128 Å². The first-order valence-corrected chi connectivity index (χ1v) is 6.98. The van der Waals surface area contributed by atoms with E-state index in [9.17, 15) is 9.59 Å². The Kier molecular flexibility index (Phi) is 3.45.